The molecule has 0 aliphatic carbocycles. The molecule has 92 valence electrons. The molecule has 1 amide bonds. The maximum Gasteiger partial charge on any atom is 0.256 e. The molecule has 1 heterocycles. The van der Waals surface area contributed by atoms with Gasteiger partial charge in [0.1, 0.15) is 0 Å². The van der Waals surface area contributed by atoms with Gasteiger partial charge in [-0.25, -0.2) is 0 Å². The molecular weight excluding hydrogens is 238 g/mol. The van der Waals surface area contributed by atoms with Crippen molar-refractivity contribution in [2.45, 2.75) is 13.3 Å². The van der Waals surface area contributed by atoms with E-state index in [-0.39, 0.29) is 5.91 Å². The molecule has 1 aliphatic heterocycles. The van der Waals surface area contributed by atoms with Crippen molar-refractivity contribution in [2.75, 3.05) is 18.5 Å². The van der Waals surface area contributed by atoms with E-state index in [1.54, 1.807) is 18.2 Å². The van der Waals surface area contributed by atoms with E-state index in [9.17, 15) is 4.79 Å². The summed E-state index contributed by atoms with van der Waals surface area (Å²) < 4.78 is 0. The number of anilines is 1. The third-order valence-corrected chi connectivity index (χ3v) is 3.31. The van der Waals surface area contributed by atoms with Gasteiger partial charge in [0.05, 0.1) is 11.3 Å². The van der Waals surface area contributed by atoms with E-state index in [2.05, 4.69) is 12.3 Å². The molecule has 2 rings (SSSR count). The smallest absolute Gasteiger partial charge is 0.256 e. The Morgan fingerprint density at radius 3 is 2.94 bits per heavy atom. The van der Waals surface area contributed by atoms with Crippen LogP contribution < -0.4 is 11.3 Å². The lowest BCUT2D eigenvalue weighted by atomic mass is 10.1. The molecule has 0 aromatic heterocycles. The van der Waals surface area contributed by atoms with Gasteiger partial charge in [0.15, 0.2) is 0 Å². The molecule has 1 aliphatic rings. The van der Waals surface area contributed by atoms with Gasteiger partial charge in [-0.3, -0.25) is 10.6 Å². The Bertz CT molecular complexity index is 436. The number of nitrogens with one attached hydrogen (secondary N) is 1. The van der Waals surface area contributed by atoms with E-state index in [0.29, 0.717) is 22.2 Å². The van der Waals surface area contributed by atoms with Crippen molar-refractivity contribution < 1.29 is 4.79 Å². The zero-order valence-electron chi connectivity index (χ0n) is 9.74. The lowest BCUT2D eigenvalue weighted by Crippen LogP contribution is -2.29. The normalized spacial score (nSPS) is 19.5. The first kappa shape index (κ1) is 12.2. The summed E-state index contributed by atoms with van der Waals surface area (Å²) in [6.07, 6.45) is 1.05. The number of nitrogens with two attached hydrogens (primary N) is 1. The fourth-order valence-corrected chi connectivity index (χ4v) is 2.28. The molecule has 0 spiro atoms. The standard InChI is InChI=1S/C12H16ClN3O/c1-8-4-5-16(7-8)12(17)10-6-9(13)2-3-11(10)15-14/h2-3,6,8,15H,4-5,7,14H2,1H3. The number of hydrogen-bond acceptors (Lipinski definition) is 3. The second-order valence-corrected chi connectivity index (χ2v) is 4.92. The maximum absolute atomic E-state index is 12.3. The molecule has 1 aromatic rings. The predicted octanol–water partition coefficient (Wildman–Crippen LogP) is 2.11. The predicted molar refractivity (Wildman–Crippen MR) is 68.9 cm³/mol. The topological polar surface area (TPSA) is 58.4 Å². The second kappa shape index (κ2) is 4.94. The average Bonchev–Trinajstić information content (AvgIpc) is 2.75. The quantitative estimate of drug-likeness (QED) is 0.627. The van der Waals surface area contributed by atoms with E-state index in [1.165, 1.54) is 0 Å². The highest BCUT2D eigenvalue weighted by Gasteiger charge is 2.25. The van der Waals surface area contributed by atoms with Crippen LogP contribution >= 0.6 is 11.6 Å². The molecule has 1 fully saturated rings. The van der Waals surface area contributed by atoms with Crippen molar-refractivity contribution in [3.05, 3.63) is 28.8 Å². The first-order valence-electron chi connectivity index (χ1n) is 5.67. The van der Waals surface area contributed by atoms with Crippen LogP contribution in [0.3, 0.4) is 0 Å². The molecule has 0 radical (unpaired) electrons. The van der Waals surface area contributed by atoms with Gasteiger partial charge in [0.25, 0.3) is 5.91 Å². The summed E-state index contributed by atoms with van der Waals surface area (Å²) in [5.41, 5.74) is 3.68. The van der Waals surface area contributed by atoms with Crippen molar-refractivity contribution in [3.8, 4) is 0 Å². The molecule has 1 saturated heterocycles. The van der Waals surface area contributed by atoms with Gasteiger partial charge in [0, 0.05) is 18.1 Å². The minimum absolute atomic E-state index is 0.00944. The summed E-state index contributed by atoms with van der Waals surface area (Å²) in [5.74, 6) is 5.95. The minimum atomic E-state index is -0.00944. The van der Waals surface area contributed by atoms with E-state index < -0.39 is 0 Å². The van der Waals surface area contributed by atoms with Crippen LogP contribution in [0.4, 0.5) is 5.69 Å². The zero-order valence-corrected chi connectivity index (χ0v) is 10.5. The van der Waals surface area contributed by atoms with Crippen LogP contribution in [0.2, 0.25) is 5.02 Å². The van der Waals surface area contributed by atoms with E-state index in [4.69, 9.17) is 17.4 Å². The molecule has 0 saturated carbocycles. The number of hydrogen-bond donors (Lipinski definition) is 2. The Hall–Kier alpha value is -1.26. The Kier molecular flexibility index (Phi) is 3.54. The van der Waals surface area contributed by atoms with Crippen molar-refractivity contribution in [2.24, 2.45) is 11.8 Å². The molecule has 17 heavy (non-hydrogen) atoms. The highest BCUT2D eigenvalue weighted by molar-refractivity contribution is 6.31. The zero-order chi connectivity index (χ0) is 12.4. The highest BCUT2D eigenvalue weighted by atomic mass is 35.5. The molecule has 1 aromatic carbocycles. The van der Waals surface area contributed by atoms with E-state index in [0.717, 1.165) is 19.5 Å². The number of carbonyl (C=O) groups is 1. The molecule has 3 N–H and O–H groups in total. The van der Waals surface area contributed by atoms with Gasteiger partial charge < -0.3 is 10.3 Å². The largest absolute Gasteiger partial charge is 0.338 e. The number of amides is 1. The molecule has 1 atom stereocenters. The average molecular weight is 254 g/mol. The Labute approximate surface area is 106 Å². The number of halogens is 1. The third kappa shape index (κ3) is 2.53. The summed E-state index contributed by atoms with van der Waals surface area (Å²) in [5, 5.41) is 0.541. The fraction of sp³-hybridized carbons (Fsp3) is 0.417. The van der Waals surface area contributed by atoms with Crippen LogP contribution in [-0.4, -0.2) is 23.9 Å². The number of rotatable bonds is 2. The Morgan fingerprint density at radius 1 is 1.59 bits per heavy atom. The van der Waals surface area contributed by atoms with Gasteiger partial charge in [-0.2, -0.15) is 0 Å². The lowest BCUT2D eigenvalue weighted by molar-refractivity contribution is 0.0789. The molecular formula is C12H16ClN3O. The van der Waals surface area contributed by atoms with Gasteiger partial charge in [-0.15, -0.1) is 0 Å². The highest BCUT2D eigenvalue weighted by Crippen LogP contribution is 2.24. The summed E-state index contributed by atoms with van der Waals surface area (Å²) in [7, 11) is 0. The lowest BCUT2D eigenvalue weighted by Gasteiger charge is -2.18. The summed E-state index contributed by atoms with van der Waals surface area (Å²) >= 11 is 5.91. The number of hydrazine groups is 1. The van der Waals surface area contributed by atoms with Crippen molar-refractivity contribution in [1.82, 2.24) is 4.90 Å². The summed E-state index contributed by atoms with van der Waals surface area (Å²) in [6.45, 7) is 3.75. The van der Waals surface area contributed by atoms with Crippen molar-refractivity contribution in [3.63, 3.8) is 0 Å². The number of benzene rings is 1. The SMILES string of the molecule is CC1CCN(C(=O)c2cc(Cl)ccc2NN)C1. The van der Waals surface area contributed by atoms with E-state index >= 15 is 0 Å². The number of nitrogen functional groups attached to an aromatic ring is 1. The van der Waals surface area contributed by atoms with Crippen molar-refractivity contribution in [1.29, 1.82) is 0 Å². The van der Waals surface area contributed by atoms with Crippen LogP contribution in [0.25, 0.3) is 0 Å². The van der Waals surface area contributed by atoms with Crippen molar-refractivity contribution >= 4 is 23.2 Å². The van der Waals surface area contributed by atoms with E-state index in [1.807, 2.05) is 4.90 Å². The van der Waals surface area contributed by atoms with Gasteiger partial charge in [-0.05, 0) is 30.5 Å². The number of carbonyl (C=O) groups excluding carboxylic acids is 1. The first-order chi connectivity index (χ1) is 8.11. The second-order valence-electron chi connectivity index (χ2n) is 4.48. The molecule has 1 unspecified atom stereocenters. The monoisotopic (exact) mass is 253 g/mol. The van der Waals surface area contributed by atoms with Crippen LogP contribution in [0.5, 0.6) is 0 Å². The summed E-state index contributed by atoms with van der Waals surface area (Å²) in [4.78, 5) is 14.1. The number of nitrogens with zero attached hydrogens (tertiary/aromatic N) is 1. The Balaban J connectivity index is 2.26. The Morgan fingerprint density at radius 2 is 2.35 bits per heavy atom. The van der Waals surface area contributed by atoms with Gasteiger partial charge in [-0.1, -0.05) is 18.5 Å². The van der Waals surface area contributed by atoms with Gasteiger partial charge in [0.2, 0.25) is 0 Å². The molecule has 0 bridgehead atoms. The minimum Gasteiger partial charge on any atom is -0.338 e. The van der Waals surface area contributed by atoms with Crippen LogP contribution in [0.15, 0.2) is 18.2 Å². The van der Waals surface area contributed by atoms with Crippen LogP contribution in [0, 0.1) is 5.92 Å². The maximum atomic E-state index is 12.3. The number of likely N-dealkylation sites (tertiary alicyclic amines) is 1. The van der Waals surface area contributed by atoms with Crippen LogP contribution in [0.1, 0.15) is 23.7 Å². The fourth-order valence-electron chi connectivity index (χ4n) is 2.11. The summed E-state index contributed by atoms with van der Waals surface area (Å²) in [6, 6.07) is 5.08. The first-order valence-corrected chi connectivity index (χ1v) is 6.05. The van der Waals surface area contributed by atoms with Crippen LogP contribution in [-0.2, 0) is 0 Å². The van der Waals surface area contributed by atoms with Gasteiger partial charge >= 0.3 is 0 Å². The molecule has 4 nitrogen and oxygen atoms in total. The molecule has 5 heteroatoms. The third-order valence-electron chi connectivity index (χ3n) is 3.08.